The second-order valence-corrected chi connectivity index (χ2v) is 9.37. The Hall–Kier alpha value is -2.27. The lowest BCUT2D eigenvalue weighted by molar-refractivity contribution is -0.542. The Morgan fingerprint density at radius 1 is 0.780 bits per heavy atom. The molecule has 0 amide bonds. The van der Waals surface area contributed by atoms with Crippen LogP contribution in [0.1, 0.15) is 18.1 Å². The third kappa shape index (κ3) is 7.77. The summed E-state index contributed by atoms with van der Waals surface area (Å²) in [7, 11) is -5.23. The summed E-state index contributed by atoms with van der Waals surface area (Å²) in [6, 6.07) is 1.35. The number of aryl methyl sites for hydroxylation is 1. The third-order valence-corrected chi connectivity index (χ3v) is 5.49. The van der Waals surface area contributed by atoms with Gasteiger partial charge in [-0.25, -0.2) is 13.9 Å². The standard InChI is InChI=1S/C18H14F16O6S/c1-7-3-4-10(41(35,36)37)9(5-8(2)19)11(7)38-6-12(20,21)39-17(31,32)18(33,34)40-16(29,30)14(24,25)13(22,23)15(26,27)28/h3-4,8H,5-6H2,1-2H3,(H,35,36,37)/t8-/m1/s1. The molecule has 0 aliphatic heterocycles. The van der Waals surface area contributed by atoms with Crippen LogP contribution in [0.4, 0.5) is 70.2 Å². The molecule has 23 heteroatoms. The van der Waals surface area contributed by atoms with Crippen LogP contribution in [0.3, 0.4) is 0 Å². The highest BCUT2D eigenvalue weighted by molar-refractivity contribution is 7.85. The molecule has 240 valence electrons. The van der Waals surface area contributed by atoms with Gasteiger partial charge in [-0.3, -0.25) is 4.55 Å². The number of hydrogen-bond acceptors (Lipinski definition) is 5. The van der Waals surface area contributed by atoms with Gasteiger partial charge in [0.1, 0.15) is 16.8 Å². The van der Waals surface area contributed by atoms with E-state index in [9.17, 15) is 83.2 Å². The van der Waals surface area contributed by atoms with Crippen molar-refractivity contribution >= 4 is 10.1 Å². The molecule has 1 atom stereocenters. The fourth-order valence-corrected chi connectivity index (χ4v) is 3.45. The summed E-state index contributed by atoms with van der Waals surface area (Å²) >= 11 is 0. The van der Waals surface area contributed by atoms with Crippen LogP contribution in [0.5, 0.6) is 5.75 Å². The topological polar surface area (TPSA) is 82.1 Å². The molecule has 0 aromatic heterocycles. The van der Waals surface area contributed by atoms with Gasteiger partial charge in [-0.15, -0.1) is 0 Å². The van der Waals surface area contributed by atoms with Gasteiger partial charge >= 0.3 is 42.5 Å². The van der Waals surface area contributed by atoms with Crippen LogP contribution in [0.15, 0.2) is 17.0 Å². The predicted molar refractivity (Wildman–Crippen MR) is 98.7 cm³/mol. The van der Waals surface area contributed by atoms with E-state index in [1.165, 1.54) is 4.74 Å². The van der Waals surface area contributed by atoms with Crippen LogP contribution in [0.25, 0.3) is 0 Å². The fourth-order valence-electron chi connectivity index (χ4n) is 2.72. The van der Waals surface area contributed by atoms with Crippen LogP contribution >= 0.6 is 0 Å². The van der Waals surface area contributed by atoms with E-state index in [0.717, 1.165) is 19.9 Å². The summed E-state index contributed by atoms with van der Waals surface area (Å²) in [5.41, 5.74) is -1.28. The highest BCUT2D eigenvalue weighted by Gasteiger charge is 2.85. The third-order valence-electron chi connectivity index (χ3n) is 4.55. The number of benzene rings is 1. The Morgan fingerprint density at radius 3 is 1.66 bits per heavy atom. The molecule has 6 nitrogen and oxygen atoms in total. The van der Waals surface area contributed by atoms with Gasteiger partial charge in [-0.05, 0) is 25.5 Å². The lowest BCUT2D eigenvalue weighted by atomic mass is 10.0. The monoisotopic (exact) mass is 662 g/mol. The molecule has 1 rings (SSSR count). The Labute approximate surface area is 217 Å². The molecule has 1 N–H and O–H groups in total. The van der Waals surface area contributed by atoms with Crippen molar-refractivity contribution in [3.63, 3.8) is 0 Å². The summed E-state index contributed by atoms with van der Waals surface area (Å²) in [5.74, 6) is -17.0. The van der Waals surface area contributed by atoms with Crippen molar-refractivity contribution in [2.24, 2.45) is 0 Å². The maximum Gasteiger partial charge on any atom is 0.460 e. The number of rotatable bonds is 13. The molecule has 41 heavy (non-hydrogen) atoms. The van der Waals surface area contributed by atoms with Crippen molar-refractivity contribution in [3.8, 4) is 5.75 Å². The molecule has 0 bridgehead atoms. The zero-order valence-electron chi connectivity index (χ0n) is 19.6. The summed E-state index contributed by atoms with van der Waals surface area (Å²) in [5, 5.41) is 0. The SMILES string of the molecule is Cc1ccc(S(=O)(=O)O)c(C[C@@H](C)F)c1OCC(F)(F)OC(F)(F)C(F)(F)OC(F)(F)C(F)(F)C(F)(F)C(F)(F)F. The highest BCUT2D eigenvalue weighted by atomic mass is 32.2. The first-order chi connectivity index (χ1) is 17.8. The molecule has 0 aliphatic rings. The Balaban J connectivity index is 3.32. The fraction of sp³-hybridized carbons (Fsp3) is 0.667. The Morgan fingerprint density at radius 2 is 1.24 bits per heavy atom. The normalized spacial score (nSPS) is 15.7. The maximum atomic E-state index is 13.9. The molecule has 0 fully saturated rings. The van der Waals surface area contributed by atoms with Gasteiger partial charge in [0.05, 0.1) is 0 Å². The lowest BCUT2D eigenvalue weighted by Crippen LogP contribution is -2.64. The summed E-state index contributed by atoms with van der Waals surface area (Å²) in [6.07, 6.45) is -38.9. The van der Waals surface area contributed by atoms with Crippen LogP contribution in [0.2, 0.25) is 0 Å². The van der Waals surface area contributed by atoms with E-state index in [0.29, 0.717) is 6.07 Å². The summed E-state index contributed by atoms with van der Waals surface area (Å²) in [6.45, 7) is -0.963. The minimum atomic E-state index is -8.01. The van der Waals surface area contributed by atoms with Gasteiger partial charge in [0, 0.05) is 12.0 Å². The predicted octanol–water partition coefficient (Wildman–Crippen LogP) is 6.76. The summed E-state index contributed by atoms with van der Waals surface area (Å²) in [4.78, 5) is -1.16. The number of alkyl halides is 16. The molecule has 0 heterocycles. The minimum Gasteiger partial charge on any atom is -0.484 e. The highest BCUT2D eigenvalue weighted by Crippen LogP contribution is 2.56. The van der Waals surface area contributed by atoms with Gasteiger partial charge in [0.15, 0.2) is 6.61 Å². The molecule has 1 aromatic carbocycles. The molecule has 0 spiro atoms. The van der Waals surface area contributed by atoms with E-state index < -0.39 is 88.0 Å². The van der Waals surface area contributed by atoms with Crippen molar-refractivity contribution in [2.45, 2.75) is 73.8 Å². The number of ether oxygens (including phenoxy) is 3. The van der Waals surface area contributed by atoms with Crippen LogP contribution in [-0.2, 0) is 26.0 Å². The van der Waals surface area contributed by atoms with Gasteiger partial charge in [0.25, 0.3) is 10.1 Å². The van der Waals surface area contributed by atoms with Gasteiger partial charge in [-0.2, -0.15) is 74.3 Å². The van der Waals surface area contributed by atoms with E-state index in [-0.39, 0.29) is 5.56 Å². The van der Waals surface area contributed by atoms with Crippen LogP contribution in [-0.4, -0.2) is 68.2 Å². The molecule has 1 aromatic rings. The van der Waals surface area contributed by atoms with E-state index in [1.54, 1.807) is 0 Å². The van der Waals surface area contributed by atoms with Gasteiger partial charge in [-0.1, -0.05) is 6.07 Å². The molecule has 0 aliphatic carbocycles. The van der Waals surface area contributed by atoms with Crippen molar-refractivity contribution in [1.29, 1.82) is 0 Å². The van der Waals surface area contributed by atoms with E-state index in [4.69, 9.17) is 0 Å². The number of halogens is 16. The Kier molecular flexibility index (Phi) is 9.95. The smallest absolute Gasteiger partial charge is 0.460 e. The second-order valence-electron chi connectivity index (χ2n) is 7.98. The average Bonchev–Trinajstić information content (AvgIpc) is 2.69. The maximum absolute atomic E-state index is 13.9. The zero-order valence-corrected chi connectivity index (χ0v) is 20.4. The van der Waals surface area contributed by atoms with E-state index in [1.807, 2.05) is 0 Å². The first-order valence-corrected chi connectivity index (χ1v) is 11.4. The molecule has 0 saturated heterocycles. The molecule has 0 unspecified atom stereocenters. The van der Waals surface area contributed by atoms with Gasteiger partial charge in [0.2, 0.25) is 0 Å². The molecule has 0 radical (unpaired) electrons. The average molecular weight is 662 g/mol. The Bertz CT molecular complexity index is 1200. The molecule has 0 saturated carbocycles. The first kappa shape index (κ1) is 36.8. The van der Waals surface area contributed by atoms with Crippen molar-refractivity contribution in [3.05, 3.63) is 23.3 Å². The molecular formula is C18H14F16O6S. The quantitative estimate of drug-likeness (QED) is 0.186. The largest absolute Gasteiger partial charge is 0.484 e. The molecular weight excluding hydrogens is 648 g/mol. The van der Waals surface area contributed by atoms with Crippen molar-refractivity contribution in [2.75, 3.05) is 6.61 Å². The summed E-state index contributed by atoms with van der Waals surface area (Å²) < 4.78 is 250. The van der Waals surface area contributed by atoms with Crippen molar-refractivity contribution in [1.82, 2.24) is 0 Å². The zero-order chi connectivity index (χ0) is 32.8. The minimum absolute atomic E-state index is 0.378. The van der Waals surface area contributed by atoms with Crippen LogP contribution < -0.4 is 4.74 Å². The lowest BCUT2D eigenvalue weighted by Gasteiger charge is -2.36. The van der Waals surface area contributed by atoms with Crippen LogP contribution in [0, 0.1) is 6.92 Å². The second kappa shape index (κ2) is 11.1. The van der Waals surface area contributed by atoms with Crippen molar-refractivity contribution < 1.29 is 97.4 Å². The van der Waals surface area contributed by atoms with Gasteiger partial charge < -0.3 is 4.74 Å². The van der Waals surface area contributed by atoms with E-state index >= 15 is 0 Å². The van der Waals surface area contributed by atoms with E-state index in [2.05, 4.69) is 9.47 Å². The first-order valence-electron chi connectivity index (χ1n) is 9.94. The number of hydrogen-bond donors (Lipinski definition) is 1.